The van der Waals surface area contributed by atoms with E-state index in [1.807, 2.05) is 18.2 Å². The fourth-order valence-electron chi connectivity index (χ4n) is 1.48. The molecule has 1 saturated heterocycles. The molecule has 1 fully saturated rings. The van der Waals surface area contributed by atoms with Gasteiger partial charge in [-0.1, -0.05) is 6.07 Å². The van der Waals surface area contributed by atoms with Crippen LogP contribution in [0.3, 0.4) is 0 Å². The topological polar surface area (TPSA) is 42.1 Å². The molecular formula is C9H13BrClN3. The highest BCUT2D eigenvalue weighted by Gasteiger charge is 2.26. The van der Waals surface area contributed by atoms with Crippen LogP contribution in [-0.4, -0.2) is 24.6 Å². The van der Waals surface area contributed by atoms with Gasteiger partial charge >= 0.3 is 0 Å². The molecular weight excluding hydrogens is 265 g/mol. The van der Waals surface area contributed by atoms with Crippen molar-refractivity contribution >= 4 is 34.2 Å². The van der Waals surface area contributed by atoms with E-state index in [-0.39, 0.29) is 12.4 Å². The molecule has 1 aromatic rings. The van der Waals surface area contributed by atoms with Crippen molar-refractivity contribution in [2.75, 3.05) is 24.5 Å². The summed E-state index contributed by atoms with van der Waals surface area (Å²) in [5, 5.41) is 0. The molecule has 2 N–H and O–H groups in total. The molecule has 0 aromatic carbocycles. The zero-order chi connectivity index (χ0) is 9.26. The second-order valence-electron chi connectivity index (χ2n) is 3.33. The van der Waals surface area contributed by atoms with Crippen LogP contribution in [0.4, 0.5) is 5.82 Å². The largest absolute Gasteiger partial charge is 0.356 e. The zero-order valence-electron chi connectivity index (χ0n) is 7.69. The monoisotopic (exact) mass is 277 g/mol. The van der Waals surface area contributed by atoms with Crippen molar-refractivity contribution in [2.24, 2.45) is 11.7 Å². The van der Waals surface area contributed by atoms with Gasteiger partial charge in [0.2, 0.25) is 0 Å². The number of hydrogen-bond donors (Lipinski definition) is 1. The number of hydrogen-bond acceptors (Lipinski definition) is 3. The average Bonchev–Trinajstić information content (AvgIpc) is 2.02. The smallest absolute Gasteiger partial charge is 0.129 e. The number of anilines is 1. The lowest BCUT2D eigenvalue weighted by molar-refractivity contribution is 0.417. The first kappa shape index (κ1) is 11.8. The lowest BCUT2D eigenvalue weighted by atomic mass is 10.0. The van der Waals surface area contributed by atoms with Gasteiger partial charge in [-0.05, 0) is 34.6 Å². The Kier molecular flexibility index (Phi) is 4.16. The van der Waals surface area contributed by atoms with Crippen molar-refractivity contribution in [1.29, 1.82) is 0 Å². The molecule has 78 valence electrons. The molecule has 0 atom stereocenters. The molecule has 0 amide bonds. The SMILES string of the molecule is Cl.NCC1CN(c2cccc(Br)n2)C1. The third kappa shape index (κ3) is 2.38. The van der Waals surface area contributed by atoms with Crippen LogP contribution >= 0.6 is 28.3 Å². The first-order chi connectivity index (χ1) is 6.29. The normalized spacial score (nSPS) is 16.0. The standard InChI is InChI=1S/C9H12BrN3.ClH/c10-8-2-1-3-9(12-8)13-5-7(4-11)6-13;/h1-3,7H,4-6,11H2;1H. The van der Waals surface area contributed by atoms with Crippen LogP contribution in [0.15, 0.2) is 22.8 Å². The second kappa shape index (κ2) is 4.96. The lowest BCUT2D eigenvalue weighted by Gasteiger charge is -2.39. The van der Waals surface area contributed by atoms with Crippen molar-refractivity contribution in [3.63, 3.8) is 0 Å². The summed E-state index contributed by atoms with van der Waals surface area (Å²) in [7, 11) is 0. The van der Waals surface area contributed by atoms with Crippen molar-refractivity contribution < 1.29 is 0 Å². The van der Waals surface area contributed by atoms with Crippen molar-refractivity contribution in [1.82, 2.24) is 4.98 Å². The van der Waals surface area contributed by atoms with Gasteiger partial charge in [0.15, 0.2) is 0 Å². The summed E-state index contributed by atoms with van der Waals surface area (Å²) < 4.78 is 0.890. The quantitative estimate of drug-likeness (QED) is 0.837. The Bertz CT molecular complexity index is 302. The van der Waals surface area contributed by atoms with Gasteiger partial charge in [0.05, 0.1) is 0 Å². The minimum atomic E-state index is 0. The van der Waals surface area contributed by atoms with Crippen LogP contribution in [0.25, 0.3) is 0 Å². The predicted octanol–water partition coefficient (Wildman–Crippen LogP) is 1.66. The van der Waals surface area contributed by atoms with Gasteiger partial charge in [-0.25, -0.2) is 4.98 Å². The number of halogens is 2. The van der Waals surface area contributed by atoms with Gasteiger partial charge in [-0.2, -0.15) is 0 Å². The molecule has 0 unspecified atom stereocenters. The van der Waals surface area contributed by atoms with E-state index in [1.54, 1.807) is 0 Å². The van der Waals surface area contributed by atoms with Crippen LogP contribution in [0.5, 0.6) is 0 Å². The minimum absolute atomic E-state index is 0. The van der Waals surface area contributed by atoms with Crippen LogP contribution < -0.4 is 10.6 Å². The first-order valence-electron chi connectivity index (χ1n) is 4.37. The molecule has 0 radical (unpaired) electrons. The molecule has 1 aliphatic rings. The summed E-state index contributed by atoms with van der Waals surface area (Å²) >= 11 is 3.35. The highest BCUT2D eigenvalue weighted by molar-refractivity contribution is 9.10. The first-order valence-corrected chi connectivity index (χ1v) is 5.16. The highest BCUT2D eigenvalue weighted by atomic mass is 79.9. The number of pyridine rings is 1. The Morgan fingerprint density at radius 1 is 1.50 bits per heavy atom. The van der Waals surface area contributed by atoms with E-state index < -0.39 is 0 Å². The molecule has 5 heteroatoms. The summed E-state index contributed by atoms with van der Waals surface area (Å²) in [5.41, 5.74) is 5.55. The third-order valence-electron chi connectivity index (χ3n) is 2.31. The van der Waals surface area contributed by atoms with Crippen molar-refractivity contribution in [3.8, 4) is 0 Å². The molecule has 0 spiro atoms. The van der Waals surface area contributed by atoms with Crippen molar-refractivity contribution in [3.05, 3.63) is 22.8 Å². The van der Waals surface area contributed by atoms with Crippen LogP contribution in [-0.2, 0) is 0 Å². The maximum absolute atomic E-state index is 5.55. The van der Waals surface area contributed by atoms with Crippen LogP contribution in [0.2, 0.25) is 0 Å². The van der Waals surface area contributed by atoms with Gasteiger partial charge < -0.3 is 10.6 Å². The average molecular weight is 279 g/mol. The van der Waals surface area contributed by atoms with E-state index in [9.17, 15) is 0 Å². The third-order valence-corrected chi connectivity index (χ3v) is 2.76. The Balaban J connectivity index is 0.000000980. The van der Waals surface area contributed by atoms with E-state index in [0.29, 0.717) is 5.92 Å². The second-order valence-corrected chi connectivity index (χ2v) is 4.14. The van der Waals surface area contributed by atoms with Gasteiger partial charge in [-0.15, -0.1) is 12.4 Å². The number of nitrogens with two attached hydrogens (primary N) is 1. The van der Waals surface area contributed by atoms with E-state index >= 15 is 0 Å². The van der Waals surface area contributed by atoms with Gasteiger partial charge in [0.25, 0.3) is 0 Å². The number of rotatable bonds is 2. The zero-order valence-corrected chi connectivity index (χ0v) is 10.1. The number of nitrogens with zero attached hydrogens (tertiary/aromatic N) is 2. The molecule has 0 saturated carbocycles. The molecule has 0 aliphatic carbocycles. The van der Waals surface area contributed by atoms with E-state index in [2.05, 4.69) is 25.8 Å². The minimum Gasteiger partial charge on any atom is -0.356 e. The summed E-state index contributed by atoms with van der Waals surface area (Å²) in [6.07, 6.45) is 0. The summed E-state index contributed by atoms with van der Waals surface area (Å²) in [6.45, 7) is 2.87. The van der Waals surface area contributed by atoms with Crippen molar-refractivity contribution in [2.45, 2.75) is 0 Å². The Morgan fingerprint density at radius 2 is 2.21 bits per heavy atom. The van der Waals surface area contributed by atoms with Crippen LogP contribution in [0, 0.1) is 5.92 Å². The van der Waals surface area contributed by atoms with Gasteiger partial charge in [0.1, 0.15) is 10.4 Å². The summed E-state index contributed by atoms with van der Waals surface area (Å²) in [5.74, 6) is 1.69. The highest BCUT2D eigenvalue weighted by Crippen LogP contribution is 2.22. The van der Waals surface area contributed by atoms with E-state index in [1.165, 1.54) is 0 Å². The molecule has 2 heterocycles. The van der Waals surface area contributed by atoms with Gasteiger partial charge in [0, 0.05) is 19.0 Å². The molecule has 1 aliphatic heterocycles. The fraction of sp³-hybridized carbons (Fsp3) is 0.444. The molecule has 1 aromatic heterocycles. The molecule has 2 rings (SSSR count). The summed E-state index contributed by atoms with van der Waals surface area (Å²) in [6, 6.07) is 5.96. The van der Waals surface area contributed by atoms with E-state index in [4.69, 9.17) is 5.73 Å². The molecule has 0 bridgehead atoms. The fourth-order valence-corrected chi connectivity index (χ4v) is 1.81. The van der Waals surface area contributed by atoms with Gasteiger partial charge in [-0.3, -0.25) is 0 Å². The maximum Gasteiger partial charge on any atom is 0.129 e. The van der Waals surface area contributed by atoms with Crippen LogP contribution in [0.1, 0.15) is 0 Å². The summed E-state index contributed by atoms with van der Waals surface area (Å²) in [4.78, 5) is 6.60. The molecule has 14 heavy (non-hydrogen) atoms. The Morgan fingerprint density at radius 3 is 2.79 bits per heavy atom. The Hall–Kier alpha value is -0.320. The maximum atomic E-state index is 5.55. The molecule has 3 nitrogen and oxygen atoms in total. The Labute approximate surface area is 98.2 Å². The lowest BCUT2D eigenvalue weighted by Crippen LogP contribution is -2.50. The predicted molar refractivity (Wildman–Crippen MR) is 63.9 cm³/mol. The number of aromatic nitrogens is 1. The van der Waals surface area contributed by atoms with E-state index in [0.717, 1.165) is 30.1 Å².